The lowest BCUT2D eigenvalue weighted by Crippen LogP contribution is -2.20. The zero-order valence-corrected chi connectivity index (χ0v) is 21.9. The van der Waals surface area contributed by atoms with E-state index >= 15 is 0 Å². The number of rotatable bonds is 11. The molecule has 4 aromatic rings. The topological polar surface area (TPSA) is 85.9 Å². The number of thioether (sulfide) groups is 1. The van der Waals surface area contributed by atoms with Gasteiger partial charge in [0.2, 0.25) is 5.91 Å². The second-order valence-corrected chi connectivity index (χ2v) is 9.32. The van der Waals surface area contributed by atoms with Crippen LogP contribution in [0.3, 0.4) is 0 Å². The fourth-order valence-electron chi connectivity index (χ4n) is 3.63. The first-order chi connectivity index (χ1) is 18.6. The summed E-state index contributed by atoms with van der Waals surface area (Å²) in [7, 11) is 3.12. The van der Waals surface area contributed by atoms with Gasteiger partial charge in [-0.05, 0) is 54.1 Å². The van der Waals surface area contributed by atoms with Gasteiger partial charge in [-0.2, -0.15) is 0 Å². The normalized spacial score (nSPS) is 11.2. The van der Waals surface area contributed by atoms with Gasteiger partial charge in [0.25, 0.3) is 5.91 Å². The van der Waals surface area contributed by atoms with Crippen LogP contribution >= 0.6 is 11.8 Å². The summed E-state index contributed by atoms with van der Waals surface area (Å²) in [5, 5.41) is 5.27. The molecule has 1 atom stereocenters. The van der Waals surface area contributed by atoms with Crippen molar-refractivity contribution < 1.29 is 23.8 Å². The van der Waals surface area contributed by atoms with Crippen molar-refractivity contribution in [2.24, 2.45) is 0 Å². The number of benzene rings is 4. The minimum absolute atomic E-state index is 0.0928. The maximum atomic E-state index is 13.5. The molecule has 0 aliphatic rings. The van der Waals surface area contributed by atoms with E-state index in [-0.39, 0.29) is 18.4 Å². The van der Waals surface area contributed by atoms with E-state index in [1.165, 1.54) is 11.8 Å². The molecule has 194 valence electrons. The molecule has 0 saturated carbocycles. The number of carbonyl (C=O) groups is 2. The summed E-state index contributed by atoms with van der Waals surface area (Å²) in [5.41, 5.74) is 2.01. The Balaban J connectivity index is 1.44. The van der Waals surface area contributed by atoms with Gasteiger partial charge in [0.05, 0.1) is 19.9 Å². The molecular weight excluding hydrogens is 500 g/mol. The number of hydrogen-bond donors (Lipinski definition) is 2. The van der Waals surface area contributed by atoms with E-state index in [0.717, 1.165) is 10.5 Å². The van der Waals surface area contributed by atoms with Crippen LogP contribution in [0.5, 0.6) is 17.2 Å². The second-order valence-electron chi connectivity index (χ2n) is 8.14. The van der Waals surface area contributed by atoms with Crippen LogP contribution in [0.2, 0.25) is 0 Å². The number of amides is 2. The molecule has 2 amide bonds. The lowest BCUT2D eigenvalue weighted by atomic mass is 10.1. The minimum Gasteiger partial charge on any atom is -0.497 e. The first-order valence-electron chi connectivity index (χ1n) is 11.9. The third-order valence-electron chi connectivity index (χ3n) is 5.51. The number of para-hydroxylation sites is 1. The Labute approximate surface area is 226 Å². The maximum absolute atomic E-state index is 13.5. The number of carbonyl (C=O) groups excluding carboxylic acids is 2. The van der Waals surface area contributed by atoms with Gasteiger partial charge in [0.1, 0.15) is 22.5 Å². The van der Waals surface area contributed by atoms with Crippen LogP contribution in [-0.4, -0.2) is 32.6 Å². The first kappa shape index (κ1) is 26.6. The van der Waals surface area contributed by atoms with E-state index in [4.69, 9.17) is 14.2 Å². The summed E-state index contributed by atoms with van der Waals surface area (Å²) in [6, 6.07) is 31.3. The molecule has 0 radical (unpaired) electrons. The average molecular weight is 529 g/mol. The molecule has 0 saturated heterocycles. The van der Waals surface area contributed by atoms with Crippen LogP contribution in [0.15, 0.2) is 108 Å². The lowest BCUT2D eigenvalue weighted by molar-refractivity contribution is -0.118. The molecule has 0 fully saturated rings. The van der Waals surface area contributed by atoms with Crippen molar-refractivity contribution >= 4 is 35.0 Å². The van der Waals surface area contributed by atoms with Crippen LogP contribution in [-0.2, 0) is 9.59 Å². The van der Waals surface area contributed by atoms with Gasteiger partial charge in [-0.3, -0.25) is 9.59 Å². The van der Waals surface area contributed by atoms with Crippen molar-refractivity contribution in [1.82, 2.24) is 0 Å². The zero-order chi connectivity index (χ0) is 26.7. The van der Waals surface area contributed by atoms with Gasteiger partial charge >= 0.3 is 0 Å². The predicted octanol–water partition coefficient (Wildman–Crippen LogP) is 6.19. The van der Waals surface area contributed by atoms with Gasteiger partial charge in [-0.25, -0.2) is 0 Å². The van der Waals surface area contributed by atoms with Crippen molar-refractivity contribution in [2.45, 2.75) is 10.1 Å². The highest BCUT2D eigenvalue weighted by Crippen LogP contribution is 2.38. The third-order valence-corrected chi connectivity index (χ3v) is 6.78. The Morgan fingerprint density at radius 1 is 0.763 bits per heavy atom. The molecule has 8 heteroatoms. The van der Waals surface area contributed by atoms with Crippen molar-refractivity contribution in [3.05, 3.63) is 109 Å². The second kappa shape index (κ2) is 13.2. The molecule has 0 aliphatic heterocycles. The fourth-order valence-corrected chi connectivity index (χ4v) is 4.65. The lowest BCUT2D eigenvalue weighted by Gasteiger charge is -2.19. The summed E-state index contributed by atoms with van der Waals surface area (Å²) in [4.78, 5) is 26.6. The van der Waals surface area contributed by atoms with E-state index in [2.05, 4.69) is 10.6 Å². The molecule has 1 unspecified atom stereocenters. The SMILES string of the molecule is COc1ccc(OC)c(NC(=O)C(Sc2ccc(NC(=O)COc3ccccc3)cc2)c2ccccc2)c1. The number of nitrogens with one attached hydrogen (secondary N) is 2. The highest BCUT2D eigenvalue weighted by molar-refractivity contribution is 8.00. The monoisotopic (exact) mass is 528 g/mol. The van der Waals surface area contributed by atoms with Crippen molar-refractivity contribution in [1.29, 1.82) is 0 Å². The van der Waals surface area contributed by atoms with E-state index in [1.54, 1.807) is 56.7 Å². The summed E-state index contributed by atoms with van der Waals surface area (Å²) >= 11 is 1.41. The van der Waals surface area contributed by atoms with Crippen LogP contribution in [0.25, 0.3) is 0 Å². The summed E-state index contributed by atoms with van der Waals surface area (Å²) in [6.07, 6.45) is 0. The maximum Gasteiger partial charge on any atom is 0.262 e. The van der Waals surface area contributed by atoms with Crippen molar-refractivity contribution in [2.75, 3.05) is 31.5 Å². The van der Waals surface area contributed by atoms with Crippen LogP contribution < -0.4 is 24.8 Å². The molecule has 4 aromatic carbocycles. The molecule has 38 heavy (non-hydrogen) atoms. The first-order valence-corrected chi connectivity index (χ1v) is 12.8. The van der Waals surface area contributed by atoms with E-state index < -0.39 is 5.25 Å². The zero-order valence-electron chi connectivity index (χ0n) is 21.0. The molecule has 0 aliphatic carbocycles. The smallest absolute Gasteiger partial charge is 0.262 e. The Bertz CT molecular complexity index is 1350. The van der Waals surface area contributed by atoms with Gasteiger partial charge in [-0.15, -0.1) is 11.8 Å². The largest absolute Gasteiger partial charge is 0.497 e. The van der Waals surface area contributed by atoms with E-state index in [1.807, 2.05) is 60.7 Å². The predicted molar refractivity (Wildman–Crippen MR) is 150 cm³/mol. The van der Waals surface area contributed by atoms with Crippen LogP contribution in [0, 0.1) is 0 Å². The molecule has 0 aromatic heterocycles. The quantitative estimate of drug-likeness (QED) is 0.226. The third kappa shape index (κ3) is 7.30. The highest BCUT2D eigenvalue weighted by Gasteiger charge is 2.23. The highest BCUT2D eigenvalue weighted by atomic mass is 32.2. The molecule has 0 spiro atoms. The van der Waals surface area contributed by atoms with Gasteiger partial charge < -0.3 is 24.8 Å². The van der Waals surface area contributed by atoms with Crippen LogP contribution in [0.1, 0.15) is 10.8 Å². The van der Waals surface area contributed by atoms with E-state index in [0.29, 0.717) is 28.6 Å². The van der Waals surface area contributed by atoms with E-state index in [9.17, 15) is 9.59 Å². The molecule has 2 N–H and O–H groups in total. The molecule has 0 bridgehead atoms. The summed E-state index contributed by atoms with van der Waals surface area (Å²) in [6.45, 7) is -0.0928. The molecule has 0 heterocycles. The molecule has 4 rings (SSSR count). The Kier molecular flexibility index (Phi) is 9.26. The van der Waals surface area contributed by atoms with Crippen LogP contribution in [0.4, 0.5) is 11.4 Å². The van der Waals surface area contributed by atoms with Crippen molar-refractivity contribution in [3.63, 3.8) is 0 Å². The minimum atomic E-state index is -0.535. The number of methoxy groups -OCH3 is 2. The van der Waals surface area contributed by atoms with Gasteiger partial charge in [0, 0.05) is 16.6 Å². The Hall–Kier alpha value is -4.43. The molecule has 7 nitrogen and oxygen atoms in total. The number of ether oxygens (including phenoxy) is 3. The standard InChI is InChI=1S/C30H28N2O5S/c1-35-24-15-18-27(36-2)26(19-24)32-30(34)29(21-9-5-3-6-10-21)38-25-16-13-22(14-17-25)31-28(33)20-37-23-11-7-4-8-12-23/h3-19,29H,20H2,1-2H3,(H,31,33)(H,32,34). The average Bonchev–Trinajstić information content (AvgIpc) is 2.96. The summed E-state index contributed by atoms with van der Waals surface area (Å²) < 4.78 is 16.2. The summed E-state index contributed by atoms with van der Waals surface area (Å²) in [5.74, 6) is 1.31. The fraction of sp³-hybridized carbons (Fsp3) is 0.133. The van der Waals surface area contributed by atoms with Crippen molar-refractivity contribution in [3.8, 4) is 17.2 Å². The van der Waals surface area contributed by atoms with Gasteiger partial charge in [-0.1, -0.05) is 48.5 Å². The Morgan fingerprint density at radius 3 is 2.11 bits per heavy atom. The molecular formula is C30H28N2O5S. The number of hydrogen-bond acceptors (Lipinski definition) is 6. The Morgan fingerprint density at radius 2 is 1.45 bits per heavy atom. The number of anilines is 2. The van der Waals surface area contributed by atoms with Gasteiger partial charge in [0.15, 0.2) is 6.61 Å².